The fourth-order valence-electron chi connectivity index (χ4n) is 3.29. The molecule has 2 heterocycles. The van der Waals surface area contributed by atoms with Crippen LogP contribution in [0.2, 0.25) is 0 Å². The van der Waals surface area contributed by atoms with Crippen molar-refractivity contribution >= 4 is 0 Å². The van der Waals surface area contributed by atoms with Crippen LogP contribution < -0.4 is 11.1 Å². The van der Waals surface area contributed by atoms with E-state index < -0.39 is 0 Å². The highest BCUT2D eigenvalue weighted by atomic mass is 15.1. The Morgan fingerprint density at radius 2 is 2.07 bits per heavy atom. The van der Waals surface area contributed by atoms with Crippen molar-refractivity contribution < 1.29 is 0 Å². The summed E-state index contributed by atoms with van der Waals surface area (Å²) < 4.78 is 0. The zero-order valence-corrected chi connectivity index (χ0v) is 8.95. The minimum absolute atomic E-state index is 0.184. The molecule has 3 unspecified atom stereocenters. The molecule has 80 valence electrons. The second-order valence-electron chi connectivity index (χ2n) is 5.03. The molecule has 0 aliphatic carbocycles. The number of hydrogen-bond donors (Lipinski definition) is 2. The van der Waals surface area contributed by atoms with Crippen LogP contribution in [0.4, 0.5) is 0 Å². The van der Waals surface area contributed by atoms with Crippen LogP contribution in [0.15, 0.2) is 30.3 Å². The van der Waals surface area contributed by atoms with Crippen molar-refractivity contribution in [1.82, 2.24) is 5.32 Å². The van der Waals surface area contributed by atoms with Gasteiger partial charge in [-0.15, -0.1) is 0 Å². The zero-order chi connectivity index (χ0) is 10.3. The lowest BCUT2D eigenvalue weighted by atomic mass is 9.81. The number of hydrogen-bond acceptors (Lipinski definition) is 2. The Balaban J connectivity index is 1.97. The smallest absolute Gasteiger partial charge is 0.0452 e. The highest BCUT2D eigenvalue weighted by molar-refractivity contribution is 5.28. The van der Waals surface area contributed by atoms with E-state index in [2.05, 4.69) is 35.6 Å². The van der Waals surface area contributed by atoms with Crippen molar-refractivity contribution in [3.05, 3.63) is 35.9 Å². The van der Waals surface area contributed by atoms with Gasteiger partial charge >= 0.3 is 0 Å². The Hall–Kier alpha value is -0.860. The Morgan fingerprint density at radius 1 is 1.27 bits per heavy atom. The van der Waals surface area contributed by atoms with Gasteiger partial charge in [-0.3, -0.25) is 0 Å². The SMILES string of the molecule is NC1CC2CCC(c3ccccc3)(C1)N2. The predicted octanol–water partition coefficient (Wildman–Crippen LogP) is 1.76. The van der Waals surface area contributed by atoms with Crippen LogP contribution in [-0.4, -0.2) is 12.1 Å². The number of rotatable bonds is 1. The highest BCUT2D eigenvalue weighted by Crippen LogP contribution is 2.42. The summed E-state index contributed by atoms with van der Waals surface area (Å²) in [4.78, 5) is 0. The lowest BCUT2D eigenvalue weighted by Gasteiger charge is -2.38. The lowest BCUT2D eigenvalue weighted by Crippen LogP contribution is -2.51. The Labute approximate surface area is 90.9 Å². The van der Waals surface area contributed by atoms with Crippen LogP contribution in [0.1, 0.15) is 31.2 Å². The molecular weight excluding hydrogens is 184 g/mol. The first-order chi connectivity index (χ1) is 7.28. The molecule has 0 saturated carbocycles. The molecule has 2 saturated heterocycles. The van der Waals surface area contributed by atoms with Gasteiger partial charge in [0.25, 0.3) is 0 Å². The van der Waals surface area contributed by atoms with Crippen molar-refractivity contribution in [2.45, 2.75) is 43.3 Å². The number of fused-ring (bicyclic) bond motifs is 2. The molecular formula is C13H18N2. The molecule has 2 fully saturated rings. The average molecular weight is 202 g/mol. The van der Waals surface area contributed by atoms with Gasteiger partial charge in [0, 0.05) is 17.6 Å². The number of nitrogens with one attached hydrogen (secondary N) is 1. The Kier molecular flexibility index (Phi) is 2.08. The van der Waals surface area contributed by atoms with Crippen molar-refractivity contribution in [3.63, 3.8) is 0 Å². The van der Waals surface area contributed by atoms with E-state index >= 15 is 0 Å². The first-order valence-electron chi connectivity index (χ1n) is 5.87. The summed E-state index contributed by atoms with van der Waals surface area (Å²) in [6, 6.07) is 11.8. The summed E-state index contributed by atoms with van der Waals surface area (Å²) in [5.74, 6) is 0. The zero-order valence-electron chi connectivity index (χ0n) is 8.95. The number of benzene rings is 1. The molecule has 0 spiro atoms. The molecule has 2 bridgehead atoms. The quantitative estimate of drug-likeness (QED) is 0.728. The molecule has 0 aromatic heterocycles. The molecule has 3 atom stereocenters. The van der Waals surface area contributed by atoms with Crippen LogP contribution in [0, 0.1) is 0 Å². The first-order valence-corrected chi connectivity index (χ1v) is 5.87. The highest BCUT2D eigenvalue weighted by Gasteiger charge is 2.44. The van der Waals surface area contributed by atoms with Gasteiger partial charge in [0.05, 0.1) is 0 Å². The van der Waals surface area contributed by atoms with E-state index in [1.807, 2.05) is 0 Å². The topological polar surface area (TPSA) is 38.0 Å². The molecule has 15 heavy (non-hydrogen) atoms. The third-order valence-electron chi connectivity index (χ3n) is 3.92. The van der Waals surface area contributed by atoms with Gasteiger partial charge in [0.15, 0.2) is 0 Å². The van der Waals surface area contributed by atoms with Crippen LogP contribution in [-0.2, 0) is 5.54 Å². The van der Waals surface area contributed by atoms with Crippen molar-refractivity contribution in [2.75, 3.05) is 0 Å². The lowest BCUT2D eigenvalue weighted by molar-refractivity contribution is 0.254. The van der Waals surface area contributed by atoms with Gasteiger partial charge in [-0.2, -0.15) is 0 Å². The van der Waals surface area contributed by atoms with E-state index in [0.29, 0.717) is 12.1 Å². The van der Waals surface area contributed by atoms with E-state index in [-0.39, 0.29) is 5.54 Å². The molecule has 2 nitrogen and oxygen atoms in total. The maximum absolute atomic E-state index is 6.14. The fraction of sp³-hybridized carbons (Fsp3) is 0.538. The molecule has 2 aliphatic rings. The molecule has 2 aliphatic heterocycles. The van der Waals surface area contributed by atoms with E-state index in [1.54, 1.807) is 0 Å². The maximum Gasteiger partial charge on any atom is 0.0452 e. The van der Waals surface area contributed by atoms with Gasteiger partial charge in [0.1, 0.15) is 0 Å². The average Bonchev–Trinajstić information content (AvgIpc) is 2.57. The first kappa shape index (κ1) is 9.37. The van der Waals surface area contributed by atoms with Gasteiger partial charge in [-0.1, -0.05) is 30.3 Å². The van der Waals surface area contributed by atoms with Gasteiger partial charge in [-0.25, -0.2) is 0 Å². The number of nitrogens with two attached hydrogens (primary N) is 1. The van der Waals surface area contributed by atoms with Crippen molar-refractivity contribution in [2.24, 2.45) is 5.73 Å². The summed E-state index contributed by atoms with van der Waals surface area (Å²) in [6.45, 7) is 0. The van der Waals surface area contributed by atoms with Crippen molar-refractivity contribution in [1.29, 1.82) is 0 Å². The van der Waals surface area contributed by atoms with E-state index in [1.165, 1.54) is 18.4 Å². The van der Waals surface area contributed by atoms with E-state index in [0.717, 1.165) is 12.8 Å². The molecule has 0 radical (unpaired) electrons. The molecule has 3 rings (SSSR count). The molecule has 1 aromatic carbocycles. The molecule has 0 amide bonds. The van der Waals surface area contributed by atoms with Gasteiger partial charge in [-0.05, 0) is 31.2 Å². The third kappa shape index (κ3) is 1.48. The standard InChI is InChI=1S/C13H18N2/c14-11-8-12-6-7-13(9-11,15-12)10-4-2-1-3-5-10/h1-5,11-12,15H,6-9,14H2. The van der Waals surface area contributed by atoms with Gasteiger partial charge in [0.2, 0.25) is 0 Å². The van der Waals surface area contributed by atoms with E-state index in [4.69, 9.17) is 5.73 Å². The maximum atomic E-state index is 6.14. The molecule has 2 heteroatoms. The second kappa shape index (κ2) is 3.32. The predicted molar refractivity (Wildman–Crippen MR) is 61.5 cm³/mol. The van der Waals surface area contributed by atoms with Crippen LogP contribution in [0.25, 0.3) is 0 Å². The molecule has 3 N–H and O–H groups in total. The molecule has 1 aromatic rings. The summed E-state index contributed by atoms with van der Waals surface area (Å²) >= 11 is 0. The van der Waals surface area contributed by atoms with Crippen LogP contribution >= 0.6 is 0 Å². The van der Waals surface area contributed by atoms with Crippen LogP contribution in [0.3, 0.4) is 0 Å². The minimum Gasteiger partial charge on any atom is -0.328 e. The Bertz CT molecular complexity index is 349. The summed E-state index contributed by atoms with van der Waals surface area (Å²) in [5.41, 5.74) is 7.74. The summed E-state index contributed by atoms with van der Waals surface area (Å²) in [5, 5.41) is 3.77. The fourth-order valence-corrected chi connectivity index (χ4v) is 3.29. The van der Waals surface area contributed by atoms with Crippen LogP contribution in [0.5, 0.6) is 0 Å². The Morgan fingerprint density at radius 3 is 2.87 bits per heavy atom. The third-order valence-corrected chi connectivity index (χ3v) is 3.92. The monoisotopic (exact) mass is 202 g/mol. The summed E-state index contributed by atoms with van der Waals surface area (Å²) in [7, 11) is 0. The second-order valence-corrected chi connectivity index (χ2v) is 5.03. The van der Waals surface area contributed by atoms with E-state index in [9.17, 15) is 0 Å². The normalized spacial score (nSPS) is 39.3. The minimum atomic E-state index is 0.184. The van der Waals surface area contributed by atoms with Gasteiger partial charge < -0.3 is 11.1 Å². The van der Waals surface area contributed by atoms with Crippen molar-refractivity contribution in [3.8, 4) is 0 Å². The largest absolute Gasteiger partial charge is 0.328 e. The number of piperidine rings is 1. The summed E-state index contributed by atoms with van der Waals surface area (Å²) in [6.07, 6.45) is 4.76.